The maximum absolute atomic E-state index is 13.3. The van der Waals surface area contributed by atoms with E-state index < -0.39 is 23.8 Å². The molecule has 0 bridgehead atoms. The lowest BCUT2D eigenvalue weighted by Crippen LogP contribution is -2.54. The van der Waals surface area contributed by atoms with Crippen molar-refractivity contribution in [3.8, 4) is 0 Å². The van der Waals surface area contributed by atoms with Gasteiger partial charge in [0.05, 0.1) is 17.7 Å². The van der Waals surface area contributed by atoms with E-state index >= 15 is 0 Å². The molecule has 9 heteroatoms. The van der Waals surface area contributed by atoms with Gasteiger partial charge in [-0.3, -0.25) is 34.3 Å². The van der Waals surface area contributed by atoms with Crippen LogP contribution in [0, 0.1) is 0 Å². The molecule has 4 aliphatic heterocycles. The Kier molecular flexibility index (Phi) is 4.68. The lowest BCUT2D eigenvalue weighted by Gasteiger charge is -2.40. The highest BCUT2D eigenvalue weighted by Crippen LogP contribution is 2.36. The number of ether oxygens (including phenoxy) is 1. The van der Waals surface area contributed by atoms with Gasteiger partial charge in [-0.2, -0.15) is 0 Å². The van der Waals surface area contributed by atoms with E-state index in [4.69, 9.17) is 4.74 Å². The molecular formula is C21H24N4O5. The Balaban J connectivity index is 1.44. The zero-order valence-corrected chi connectivity index (χ0v) is 16.6. The van der Waals surface area contributed by atoms with Crippen LogP contribution in [0.25, 0.3) is 0 Å². The molecule has 0 radical (unpaired) electrons. The molecule has 30 heavy (non-hydrogen) atoms. The van der Waals surface area contributed by atoms with Crippen molar-refractivity contribution in [3.63, 3.8) is 0 Å². The van der Waals surface area contributed by atoms with Crippen LogP contribution in [0.15, 0.2) is 18.2 Å². The number of nitrogens with zero attached hydrogens (tertiary/aromatic N) is 2. The van der Waals surface area contributed by atoms with Crippen LogP contribution >= 0.6 is 0 Å². The third kappa shape index (κ3) is 2.96. The first kappa shape index (κ1) is 19.3. The first-order chi connectivity index (χ1) is 14.5. The second kappa shape index (κ2) is 7.26. The van der Waals surface area contributed by atoms with Crippen molar-refractivity contribution in [3.05, 3.63) is 34.9 Å². The number of carbonyl (C=O) groups is 4. The lowest BCUT2D eigenvalue weighted by molar-refractivity contribution is -0.136. The first-order valence-electron chi connectivity index (χ1n) is 10.4. The SMILES string of the molecule is O=C1CCC(N2C(=O)c3cccc(CN4CCOC45CCNCC5)c3C2=O)C(=O)N1. The number of nitrogens with one attached hydrogen (secondary N) is 2. The molecule has 1 unspecified atom stereocenters. The highest BCUT2D eigenvalue weighted by molar-refractivity contribution is 6.24. The second-order valence-corrected chi connectivity index (χ2v) is 8.25. The van der Waals surface area contributed by atoms with Crippen LogP contribution in [0.5, 0.6) is 0 Å². The number of carbonyl (C=O) groups excluding carboxylic acids is 4. The van der Waals surface area contributed by atoms with E-state index in [1.807, 2.05) is 6.07 Å². The molecule has 4 aliphatic rings. The average molecular weight is 412 g/mol. The maximum Gasteiger partial charge on any atom is 0.262 e. The summed E-state index contributed by atoms with van der Waals surface area (Å²) in [5.74, 6) is -1.90. The number of hydrogen-bond acceptors (Lipinski definition) is 7. The van der Waals surface area contributed by atoms with Crippen LogP contribution in [0.4, 0.5) is 0 Å². The molecule has 4 amide bonds. The molecule has 0 aromatic heterocycles. The molecule has 3 saturated heterocycles. The summed E-state index contributed by atoms with van der Waals surface area (Å²) in [6.07, 6.45) is 2.01. The van der Waals surface area contributed by atoms with Crippen molar-refractivity contribution >= 4 is 23.6 Å². The molecule has 1 aromatic carbocycles. The number of fused-ring (bicyclic) bond motifs is 1. The number of hydrogen-bond donors (Lipinski definition) is 2. The van der Waals surface area contributed by atoms with E-state index in [-0.39, 0.29) is 24.5 Å². The van der Waals surface area contributed by atoms with Crippen molar-refractivity contribution in [2.45, 2.75) is 44.0 Å². The highest BCUT2D eigenvalue weighted by atomic mass is 16.5. The normalized spacial score (nSPS) is 26.4. The third-order valence-electron chi connectivity index (χ3n) is 6.61. The Morgan fingerprint density at radius 3 is 2.67 bits per heavy atom. The van der Waals surface area contributed by atoms with Crippen molar-refractivity contribution in [2.75, 3.05) is 26.2 Å². The third-order valence-corrected chi connectivity index (χ3v) is 6.61. The summed E-state index contributed by atoms with van der Waals surface area (Å²) in [6.45, 7) is 3.67. The van der Waals surface area contributed by atoms with Gasteiger partial charge < -0.3 is 10.1 Å². The van der Waals surface area contributed by atoms with Crippen LogP contribution < -0.4 is 10.6 Å². The summed E-state index contributed by atoms with van der Waals surface area (Å²) in [4.78, 5) is 53.3. The van der Waals surface area contributed by atoms with Gasteiger partial charge in [-0.15, -0.1) is 0 Å². The fourth-order valence-corrected chi connectivity index (χ4v) is 5.06. The van der Waals surface area contributed by atoms with E-state index in [0.717, 1.165) is 42.9 Å². The average Bonchev–Trinajstić information content (AvgIpc) is 3.22. The van der Waals surface area contributed by atoms with Gasteiger partial charge in [0.15, 0.2) is 0 Å². The maximum atomic E-state index is 13.3. The van der Waals surface area contributed by atoms with Crippen LogP contribution in [0.2, 0.25) is 0 Å². The zero-order chi connectivity index (χ0) is 20.9. The van der Waals surface area contributed by atoms with E-state index in [0.29, 0.717) is 24.3 Å². The van der Waals surface area contributed by atoms with Gasteiger partial charge in [-0.25, -0.2) is 0 Å². The van der Waals surface area contributed by atoms with E-state index in [9.17, 15) is 19.2 Å². The number of piperidine rings is 2. The quantitative estimate of drug-likeness (QED) is 0.673. The van der Waals surface area contributed by atoms with Crippen LogP contribution in [0.3, 0.4) is 0 Å². The topological polar surface area (TPSA) is 108 Å². The fourth-order valence-electron chi connectivity index (χ4n) is 5.06. The molecule has 1 atom stereocenters. The van der Waals surface area contributed by atoms with Crippen molar-refractivity contribution in [2.24, 2.45) is 0 Å². The molecule has 1 aromatic rings. The predicted octanol–water partition coefficient (Wildman–Crippen LogP) is -0.000300. The van der Waals surface area contributed by atoms with Crippen molar-refractivity contribution in [1.82, 2.24) is 20.4 Å². The number of imide groups is 2. The van der Waals surface area contributed by atoms with Crippen LogP contribution in [-0.4, -0.2) is 71.4 Å². The molecule has 2 N–H and O–H groups in total. The minimum Gasteiger partial charge on any atom is -0.359 e. The van der Waals surface area contributed by atoms with E-state index in [1.54, 1.807) is 12.1 Å². The molecule has 0 saturated carbocycles. The molecule has 3 fully saturated rings. The van der Waals surface area contributed by atoms with Gasteiger partial charge in [0.1, 0.15) is 11.8 Å². The van der Waals surface area contributed by atoms with E-state index in [2.05, 4.69) is 15.5 Å². The molecular weight excluding hydrogens is 388 g/mol. The Hall–Kier alpha value is -2.62. The molecule has 4 heterocycles. The smallest absolute Gasteiger partial charge is 0.262 e. The largest absolute Gasteiger partial charge is 0.359 e. The summed E-state index contributed by atoms with van der Waals surface area (Å²) < 4.78 is 6.11. The number of benzene rings is 1. The minimum atomic E-state index is -0.950. The van der Waals surface area contributed by atoms with Gasteiger partial charge in [-0.1, -0.05) is 12.1 Å². The Bertz CT molecular complexity index is 939. The van der Waals surface area contributed by atoms with Crippen molar-refractivity contribution in [1.29, 1.82) is 0 Å². The summed E-state index contributed by atoms with van der Waals surface area (Å²) in [7, 11) is 0. The molecule has 158 valence electrons. The van der Waals surface area contributed by atoms with Crippen molar-refractivity contribution < 1.29 is 23.9 Å². The molecule has 9 nitrogen and oxygen atoms in total. The summed E-state index contributed by atoms with van der Waals surface area (Å²) in [6, 6.07) is 4.32. The molecule has 1 spiro atoms. The van der Waals surface area contributed by atoms with Gasteiger partial charge in [-0.05, 0) is 31.1 Å². The lowest BCUT2D eigenvalue weighted by atomic mass is 9.97. The second-order valence-electron chi connectivity index (χ2n) is 8.25. The highest BCUT2D eigenvalue weighted by Gasteiger charge is 2.47. The summed E-state index contributed by atoms with van der Waals surface area (Å²) in [5.41, 5.74) is 1.12. The molecule has 0 aliphatic carbocycles. The first-order valence-corrected chi connectivity index (χ1v) is 10.4. The molecule has 5 rings (SSSR count). The monoisotopic (exact) mass is 412 g/mol. The van der Waals surface area contributed by atoms with Gasteiger partial charge in [0, 0.05) is 32.4 Å². The standard InChI is InChI=1S/C21H24N4O5/c26-16-5-4-15(18(27)23-16)25-19(28)14-3-1-2-13(17(14)20(25)29)12-24-10-11-30-21(24)6-8-22-9-7-21/h1-3,15,22H,4-12H2,(H,23,26,27). The van der Waals surface area contributed by atoms with Gasteiger partial charge in [0.25, 0.3) is 11.8 Å². The minimum absolute atomic E-state index is 0.109. The van der Waals surface area contributed by atoms with Gasteiger partial charge >= 0.3 is 0 Å². The van der Waals surface area contributed by atoms with Gasteiger partial charge in [0.2, 0.25) is 11.8 Å². The Morgan fingerprint density at radius 2 is 1.90 bits per heavy atom. The number of rotatable bonds is 3. The number of amides is 4. The Labute approximate surface area is 173 Å². The Morgan fingerprint density at radius 1 is 1.10 bits per heavy atom. The summed E-state index contributed by atoms with van der Waals surface area (Å²) in [5, 5.41) is 5.58. The van der Waals surface area contributed by atoms with Crippen LogP contribution in [-0.2, 0) is 20.9 Å². The van der Waals surface area contributed by atoms with Crippen LogP contribution in [0.1, 0.15) is 52.0 Å². The van der Waals surface area contributed by atoms with E-state index in [1.165, 1.54) is 0 Å². The fraction of sp³-hybridized carbons (Fsp3) is 0.524. The zero-order valence-electron chi connectivity index (χ0n) is 16.6. The summed E-state index contributed by atoms with van der Waals surface area (Å²) >= 11 is 0. The predicted molar refractivity (Wildman–Crippen MR) is 104 cm³/mol.